The Morgan fingerprint density at radius 2 is 1.69 bits per heavy atom. The molecule has 2 saturated heterocycles. The van der Waals surface area contributed by atoms with Crippen LogP contribution in [-0.4, -0.2) is 55.2 Å². The molecule has 2 heterocycles. The van der Waals surface area contributed by atoms with E-state index >= 15 is 0 Å². The highest BCUT2D eigenvalue weighted by Crippen LogP contribution is 2.19. The number of carbonyl (C=O) groups is 1. The molecule has 0 N–H and O–H groups in total. The van der Waals surface area contributed by atoms with E-state index in [9.17, 15) is 4.79 Å². The number of morpholine rings is 2. The first-order chi connectivity index (χ1) is 6.33. The maximum atomic E-state index is 11.5. The van der Waals surface area contributed by atoms with Crippen LogP contribution in [-0.2, 0) is 14.3 Å². The number of ether oxygens (including phenoxy) is 2. The third-order valence-electron chi connectivity index (χ3n) is 2.43. The van der Waals surface area contributed by atoms with Gasteiger partial charge in [0, 0.05) is 0 Å². The van der Waals surface area contributed by atoms with Gasteiger partial charge in [-0.25, -0.2) is 0 Å². The van der Waals surface area contributed by atoms with Gasteiger partial charge in [0.15, 0.2) is 0 Å². The van der Waals surface area contributed by atoms with Gasteiger partial charge in [-0.3, -0.25) is 4.79 Å². The van der Waals surface area contributed by atoms with Crippen LogP contribution in [0.3, 0.4) is 0 Å². The summed E-state index contributed by atoms with van der Waals surface area (Å²) in [6.07, 6.45) is 0. The SMILES string of the molecule is O=C(CCl)N1C2COCC1COC2. The average molecular weight is 206 g/mol. The molecule has 0 unspecified atom stereocenters. The summed E-state index contributed by atoms with van der Waals surface area (Å²) in [5.41, 5.74) is 0. The third kappa shape index (κ3) is 1.66. The lowest BCUT2D eigenvalue weighted by Crippen LogP contribution is -2.61. The molecule has 0 atom stereocenters. The predicted molar refractivity (Wildman–Crippen MR) is 46.8 cm³/mol. The molecule has 2 fully saturated rings. The van der Waals surface area contributed by atoms with Crippen LogP contribution in [0.5, 0.6) is 0 Å². The van der Waals surface area contributed by atoms with E-state index in [0.717, 1.165) is 0 Å². The van der Waals surface area contributed by atoms with Crippen molar-refractivity contribution in [1.82, 2.24) is 4.90 Å². The maximum Gasteiger partial charge on any atom is 0.238 e. The number of amides is 1. The van der Waals surface area contributed by atoms with Crippen LogP contribution in [0.15, 0.2) is 0 Å². The molecule has 13 heavy (non-hydrogen) atoms. The molecule has 2 rings (SSSR count). The van der Waals surface area contributed by atoms with Crippen molar-refractivity contribution in [3.8, 4) is 0 Å². The first-order valence-corrected chi connectivity index (χ1v) is 4.89. The van der Waals surface area contributed by atoms with Crippen molar-refractivity contribution < 1.29 is 14.3 Å². The minimum atomic E-state index is -0.0109. The summed E-state index contributed by atoms with van der Waals surface area (Å²) < 4.78 is 10.7. The Balaban J connectivity index is 2.10. The Morgan fingerprint density at radius 1 is 1.23 bits per heavy atom. The van der Waals surface area contributed by atoms with E-state index in [1.54, 1.807) is 0 Å². The fourth-order valence-electron chi connectivity index (χ4n) is 1.87. The van der Waals surface area contributed by atoms with Gasteiger partial charge in [0.1, 0.15) is 5.88 Å². The molecule has 2 bridgehead atoms. The number of alkyl halides is 1. The Bertz CT molecular complexity index is 190. The van der Waals surface area contributed by atoms with Crippen molar-refractivity contribution in [2.24, 2.45) is 0 Å². The topological polar surface area (TPSA) is 38.8 Å². The summed E-state index contributed by atoms with van der Waals surface area (Å²) in [5.74, 6) is 0.0377. The molecule has 1 amide bonds. The van der Waals surface area contributed by atoms with Crippen LogP contribution in [0.4, 0.5) is 0 Å². The zero-order valence-corrected chi connectivity index (χ0v) is 8.00. The molecule has 0 aromatic carbocycles. The molecule has 5 heteroatoms. The highest BCUT2D eigenvalue weighted by Gasteiger charge is 2.37. The lowest BCUT2D eigenvalue weighted by Gasteiger charge is -2.45. The van der Waals surface area contributed by atoms with Crippen molar-refractivity contribution in [3.05, 3.63) is 0 Å². The highest BCUT2D eigenvalue weighted by atomic mass is 35.5. The first kappa shape index (κ1) is 9.24. The third-order valence-corrected chi connectivity index (χ3v) is 2.66. The molecule has 2 aliphatic heterocycles. The number of rotatable bonds is 1. The van der Waals surface area contributed by atoms with Gasteiger partial charge in [-0.1, -0.05) is 0 Å². The van der Waals surface area contributed by atoms with Gasteiger partial charge in [-0.05, 0) is 0 Å². The van der Waals surface area contributed by atoms with E-state index in [-0.39, 0.29) is 23.9 Å². The Hall–Kier alpha value is -0.320. The van der Waals surface area contributed by atoms with E-state index in [0.29, 0.717) is 26.4 Å². The van der Waals surface area contributed by atoms with Crippen LogP contribution in [0.1, 0.15) is 0 Å². The normalized spacial score (nSPS) is 33.2. The van der Waals surface area contributed by atoms with Crippen LogP contribution in [0, 0.1) is 0 Å². The summed E-state index contributed by atoms with van der Waals surface area (Å²) >= 11 is 5.52. The second-order valence-electron chi connectivity index (χ2n) is 3.32. The molecule has 0 saturated carbocycles. The van der Waals surface area contributed by atoms with Crippen molar-refractivity contribution >= 4 is 17.5 Å². The molecular weight excluding hydrogens is 194 g/mol. The average Bonchev–Trinajstić information content (AvgIpc) is 2.15. The molecule has 0 spiro atoms. The number of halogens is 1. The zero-order valence-electron chi connectivity index (χ0n) is 7.24. The van der Waals surface area contributed by atoms with Gasteiger partial charge in [-0.15, -0.1) is 11.6 Å². The number of hydrogen-bond acceptors (Lipinski definition) is 3. The van der Waals surface area contributed by atoms with Crippen molar-refractivity contribution in [2.75, 3.05) is 32.3 Å². The van der Waals surface area contributed by atoms with E-state index in [4.69, 9.17) is 21.1 Å². The Morgan fingerprint density at radius 3 is 2.08 bits per heavy atom. The van der Waals surface area contributed by atoms with E-state index in [2.05, 4.69) is 0 Å². The number of nitrogens with zero attached hydrogens (tertiary/aromatic N) is 1. The number of fused-ring (bicyclic) bond motifs is 2. The molecule has 74 valence electrons. The van der Waals surface area contributed by atoms with Gasteiger partial charge in [0.2, 0.25) is 5.91 Å². The van der Waals surface area contributed by atoms with Crippen LogP contribution in [0.2, 0.25) is 0 Å². The highest BCUT2D eigenvalue weighted by molar-refractivity contribution is 6.27. The van der Waals surface area contributed by atoms with Gasteiger partial charge >= 0.3 is 0 Å². The van der Waals surface area contributed by atoms with Crippen molar-refractivity contribution in [3.63, 3.8) is 0 Å². The Kier molecular flexibility index (Phi) is 2.71. The smallest absolute Gasteiger partial charge is 0.238 e. The van der Waals surface area contributed by atoms with E-state index in [1.807, 2.05) is 4.90 Å². The lowest BCUT2D eigenvalue weighted by atomic mass is 10.1. The minimum absolute atomic E-state index is 0.0109. The second-order valence-corrected chi connectivity index (χ2v) is 3.58. The maximum absolute atomic E-state index is 11.5. The van der Waals surface area contributed by atoms with Crippen molar-refractivity contribution in [2.45, 2.75) is 12.1 Å². The first-order valence-electron chi connectivity index (χ1n) is 4.35. The summed E-state index contributed by atoms with van der Waals surface area (Å²) in [7, 11) is 0. The van der Waals surface area contributed by atoms with Crippen LogP contribution >= 0.6 is 11.6 Å². The monoisotopic (exact) mass is 205 g/mol. The molecule has 0 aromatic heterocycles. The summed E-state index contributed by atoms with van der Waals surface area (Å²) in [6.45, 7) is 2.27. The van der Waals surface area contributed by atoms with Crippen LogP contribution < -0.4 is 0 Å². The molecule has 2 aliphatic rings. The second kappa shape index (κ2) is 3.82. The summed E-state index contributed by atoms with van der Waals surface area (Å²) in [6, 6.07) is 0.137. The molecule has 4 nitrogen and oxygen atoms in total. The lowest BCUT2D eigenvalue weighted by molar-refractivity contribution is -0.165. The van der Waals surface area contributed by atoms with Crippen molar-refractivity contribution in [1.29, 1.82) is 0 Å². The van der Waals surface area contributed by atoms with Gasteiger partial charge in [-0.2, -0.15) is 0 Å². The van der Waals surface area contributed by atoms with Crippen LogP contribution in [0.25, 0.3) is 0 Å². The minimum Gasteiger partial charge on any atom is -0.377 e. The van der Waals surface area contributed by atoms with Gasteiger partial charge < -0.3 is 14.4 Å². The quantitative estimate of drug-likeness (QED) is 0.559. The number of hydrogen-bond donors (Lipinski definition) is 0. The molecule has 0 aromatic rings. The molecule has 0 radical (unpaired) electrons. The van der Waals surface area contributed by atoms with Gasteiger partial charge in [0.05, 0.1) is 38.5 Å². The number of carbonyl (C=O) groups excluding carboxylic acids is 1. The molecule has 0 aliphatic carbocycles. The van der Waals surface area contributed by atoms with E-state index < -0.39 is 0 Å². The largest absolute Gasteiger partial charge is 0.377 e. The summed E-state index contributed by atoms with van der Waals surface area (Å²) in [4.78, 5) is 13.3. The Labute approximate surface area is 81.7 Å². The van der Waals surface area contributed by atoms with E-state index in [1.165, 1.54) is 0 Å². The fraction of sp³-hybridized carbons (Fsp3) is 0.875. The fourth-order valence-corrected chi connectivity index (χ4v) is 2.01. The standard InChI is InChI=1S/C8H12ClNO3/c9-1-8(11)10-6-2-12-4-7(10)5-13-3-6/h6-7H,1-5H2. The summed E-state index contributed by atoms with van der Waals surface area (Å²) in [5, 5.41) is 0. The molecular formula is C8H12ClNO3. The predicted octanol–water partition coefficient (Wildman–Crippen LogP) is -0.149. The van der Waals surface area contributed by atoms with Gasteiger partial charge in [0.25, 0.3) is 0 Å². The zero-order chi connectivity index (χ0) is 9.26.